The SMILES string of the molecule is Cc1cncc(C(=O)Nc2c(N)cc(Br)cc2Br)c1. The summed E-state index contributed by atoms with van der Waals surface area (Å²) in [7, 11) is 0. The van der Waals surface area contributed by atoms with Crippen LogP contribution in [0.5, 0.6) is 0 Å². The number of nitrogen functional groups attached to an aromatic ring is 1. The molecule has 0 bridgehead atoms. The van der Waals surface area contributed by atoms with Crippen LogP contribution in [0.3, 0.4) is 0 Å². The van der Waals surface area contributed by atoms with Gasteiger partial charge in [0, 0.05) is 21.3 Å². The molecule has 98 valence electrons. The van der Waals surface area contributed by atoms with E-state index in [1.54, 1.807) is 18.3 Å². The van der Waals surface area contributed by atoms with Gasteiger partial charge in [-0.3, -0.25) is 9.78 Å². The maximum Gasteiger partial charge on any atom is 0.257 e. The topological polar surface area (TPSA) is 68.0 Å². The van der Waals surface area contributed by atoms with Gasteiger partial charge < -0.3 is 11.1 Å². The molecule has 2 rings (SSSR count). The third-order valence-electron chi connectivity index (χ3n) is 2.46. The van der Waals surface area contributed by atoms with Crippen LogP contribution in [0, 0.1) is 6.92 Å². The number of hydrogen-bond acceptors (Lipinski definition) is 3. The molecule has 1 heterocycles. The molecular formula is C13H11Br2N3O. The van der Waals surface area contributed by atoms with Crippen molar-refractivity contribution in [3.63, 3.8) is 0 Å². The van der Waals surface area contributed by atoms with Crippen molar-refractivity contribution in [2.75, 3.05) is 11.1 Å². The Kier molecular flexibility index (Phi) is 4.21. The number of nitrogens with zero attached hydrogens (tertiary/aromatic N) is 1. The van der Waals surface area contributed by atoms with Gasteiger partial charge in [-0.05, 0) is 46.6 Å². The first-order valence-corrected chi connectivity index (χ1v) is 7.03. The molecule has 0 radical (unpaired) electrons. The molecule has 0 aliphatic rings. The number of pyridine rings is 1. The predicted molar refractivity (Wildman–Crippen MR) is 83.2 cm³/mol. The molecule has 0 aliphatic heterocycles. The Morgan fingerprint density at radius 3 is 2.63 bits per heavy atom. The summed E-state index contributed by atoms with van der Waals surface area (Å²) in [4.78, 5) is 16.1. The Balaban J connectivity index is 2.29. The number of amides is 1. The van der Waals surface area contributed by atoms with Crippen LogP contribution in [0.4, 0.5) is 11.4 Å². The van der Waals surface area contributed by atoms with Crippen LogP contribution in [0.2, 0.25) is 0 Å². The largest absolute Gasteiger partial charge is 0.397 e. The molecule has 1 aromatic carbocycles. The molecule has 0 saturated carbocycles. The van der Waals surface area contributed by atoms with Crippen molar-refractivity contribution < 1.29 is 4.79 Å². The van der Waals surface area contributed by atoms with E-state index >= 15 is 0 Å². The van der Waals surface area contributed by atoms with E-state index in [1.807, 2.05) is 13.0 Å². The van der Waals surface area contributed by atoms with Gasteiger partial charge >= 0.3 is 0 Å². The highest BCUT2D eigenvalue weighted by molar-refractivity contribution is 9.11. The van der Waals surface area contributed by atoms with Crippen molar-refractivity contribution in [1.29, 1.82) is 0 Å². The molecule has 0 fully saturated rings. The lowest BCUT2D eigenvalue weighted by Gasteiger charge is -2.11. The van der Waals surface area contributed by atoms with Crippen molar-refractivity contribution in [1.82, 2.24) is 4.98 Å². The van der Waals surface area contributed by atoms with Crippen molar-refractivity contribution in [2.24, 2.45) is 0 Å². The van der Waals surface area contributed by atoms with Crippen LogP contribution >= 0.6 is 31.9 Å². The Hall–Kier alpha value is -1.40. The summed E-state index contributed by atoms with van der Waals surface area (Å²) in [6.45, 7) is 1.88. The Bertz CT molecular complexity index is 621. The van der Waals surface area contributed by atoms with E-state index in [0.29, 0.717) is 21.4 Å². The van der Waals surface area contributed by atoms with E-state index < -0.39 is 0 Å². The molecule has 0 atom stereocenters. The number of aromatic nitrogens is 1. The van der Waals surface area contributed by atoms with E-state index in [2.05, 4.69) is 42.2 Å². The van der Waals surface area contributed by atoms with Crippen molar-refractivity contribution >= 4 is 49.1 Å². The number of rotatable bonds is 2. The maximum atomic E-state index is 12.1. The molecule has 1 aromatic heterocycles. The molecule has 4 nitrogen and oxygen atoms in total. The highest BCUT2D eigenvalue weighted by atomic mass is 79.9. The minimum atomic E-state index is -0.245. The van der Waals surface area contributed by atoms with E-state index in [-0.39, 0.29) is 5.91 Å². The van der Waals surface area contributed by atoms with E-state index in [1.165, 1.54) is 6.20 Å². The zero-order chi connectivity index (χ0) is 14.0. The monoisotopic (exact) mass is 383 g/mol. The van der Waals surface area contributed by atoms with E-state index in [9.17, 15) is 4.79 Å². The molecule has 0 aliphatic carbocycles. The second-order valence-electron chi connectivity index (χ2n) is 4.06. The standard InChI is InChI=1S/C13H11Br2N3O/c1-7-2-8(6-17-5-7)13(19)18-12-10(15)3-9(14)4-11(12)16/h2-6H,16H2,1H3,(H,18,19). The summed E-state index contributed by atoms with van der Waals surface area (Å²) < 4.78 is 1.56. The quantitative estimate of drug-likeness (QED) is 0.774. The van der Waals surface area contributed by atoms with E-state index in [4.69, 9.17) is 5.73 Å². The average molecular weight is 385 g/mol. The fourth-order valence-electron chi connectivity index (χ4n) is 1.59. The van der Waals surface area contributed by atoms with Crippen molar-refractivity contribution in [3.05, 3.63) is 50.7 Å². The van der Waals surface area contributed by atoms with Crippen LogP contribution < -0.4 is 11.1 Å². The third kappa shape index (κ3) is 3.33. The van der Waals surface area contributed by atoms with Crippen LogP contribution in [0.1, 0.15) is 15.9 Å². The highest BCUT2D eigenvalue weighted by Gasteiger charge is 2.12. The van der Waals surface area contributed by atoms with Gasteiger partial charge in [0.2, 0.25) is 0 Å². The zero-order valence-electron chi connectivity index (χ0n) is 10.1. The lowest BCUT2D eigenvalue weighted by Crippen LogP contribution is -2.14. The normalized spacial score (nSPS) is 10.3. The summed E-state index contributed by atoms with van der Waals surface area (Å²) in [6, 6.07) is 5.32. The molecule has 3 N–H and O–H groups in total. The molecule has 19 heavy (non-hydrogen) atoms. The Morgan fingerprint density at radius 2 is 2.00 bits per heavy atom. The van der Waals surface area contributed by atoms with E-state index in [0.717, 1.165) is 10.0 Å². The Morgan fingerprint density at radius 1 is 1.26 bits per heavy atom. The number of aryl methyl sites for hydroxylation is 1. The predicted octanol–water partition coefficient (Wildman–Crippen LogP) is 3.75. The second-order valence-corrected chi connectivity index (χ2v) is 5.83. The van der Waals surface area contributed by atoms with Gasteiger partial charge in [-0.15, -0.1) is 0 Å². The van der Waals surface area contributed by atoms with Crippen LogP contribution in [-0.4, -0.2) is 10.9 Å². The summed E-state index contributed by atoms with van der Waals surface area (Å²) in [5, 5.41) is 2.78. The van der Waals surface area contributed by atoms with Gasteiger partial charge in [-0.2, -0.15) is 0 Å². The first-order valence-electron chi connectivity index (χ1n) is 5.45. The number of halogens is 2. The first-order chi connectivity index (χ1) is 8.97. The molecular weight excluding hydrogens is 374 g/mol. The van der Waals surface area contributed by atoms with Gasteiger partial charge in [0.1, 0.15) is 0 Å². The zero-order valence-corrected chi connectivity index (χ0v) is 13.2. The van der Waals surface area contributed by atoms with Gasteiger partial charge in [0.25, 0.3) is 5.91 Å². The lowest BCUT2D eigenvalue weighted by molar-refractivity contribution is 0.102. The highest BCUT2D eigenvalue weighted by Crippen LogP contribution is 2.32. The number of nitrogens with two attached hydrogens (primary N) is 1. The minimum absolute atomic E-state index is 0.245. The van der Waals surface area contributed by atoms with Crippen molar-refractivity contribution in [2.45, 2.75) is 6.92 Å². The fourth-order valence-corrected chi connectivity index (χ4v) is 2.95. The average Bonchev–Trinajstić information content (AvgIpc) is 2.33. The second kappa shape index (κ2) is 5.71. The minimum Gasteiger partial charge on any atom is -0.397 e. The molecule has 1 amide bonds. The summed E-state index contributed by atoms with van der Waals surface area (Å²) >= 11 is 6.71. The molecule has 0 saturated heterocycles. The number of benzene rings is 1. The Labute approximate surface area is 127 Å². The smallest absolute Gasteiger partial charge is 0.257 e. The fraction of sp³-hybridized carbons (Fsp3) is 0.0769. The lowest BCUT2D eigenvalue weighted by atomic mass is 10.2. The number of carbonyl (C=O) groups excluding carboxylic acids is 1. The maximum absolute atomic E-state index is 12.1. The van der Waals surface area contributed by atoms with Crippen LogP contribution in [-0.2, 0) is 0 Å². The summed E-state index contributed by atoms with van der Waals surface area (Å²) in [5.41, 5.74) is 8.34. The van der Waals surface area contributed by atoms with Gasteiger partial charge in [0.15, 0.2) is 0 Å². The van der Waals surface area contributed by atoms with Crippen LogP contribution in [0.15, 0.2) is 39.5 Å². The van der Waals surface area contributed by atoms with Gasteiger partial charge in [0.05, 0.1) is 16.9 Å². The van der Waals surface area contributed by atoms with Gasteiger partial charge in [-0.25, -0.2) is 0 Å². The number of carbonyl (C=O) groups is 1. The molecule has 0 spiro atoms. The van der Waals surface area contributed by atoms with Gasteiger partial charge in [-0.1, -0.05) is 15.9 Å². The van der Waals surface area contributed by atoms with Crippen molar-refractivity contribution in [3.8, 4) is 0 Å². The summed E-state index contributed by atoms with van der Waals surface area (Å²) in [5.74, 6) is -0.245. The van der Waals surface area contributed by atoms with Crippen LogP contribution in [0.25, 0.3) is 0 Å². The number of nitrogens with one attached hydrogen (secondary N) is 1. The number of hydrogen-bond donors (Lipinski definition) is 2. The molecule has 6 heteroatoms. The molecule has 2 aromatic rings. The third-order valence-corrected chi connectivity index (χ3v) is 3.54. The molecule has 0 unspecified atom stereocenters. The number of anilines is 2. The summed E-state index contributed by atoms with van der Waals surface area (Å²) in [6.07, 6.45) is 3.21. The first kappa shape index (κ1) is 14.0.